The van der Waals surface area contributed by atoms with Crippen LogP contribution < -0.4 is 5.32 Å². The van der Waals surface area contributed by atoms with Crippen LogP contribution in [0, 0.1) is 0 Å². The van der Waals surface area contributed by atoms with E-state index in [-0.39, 0.29) is 6.10 Å². The molecule has 0 bridgehead atoms. The summed E-state index contributed by atoms with van der Waals surface area (Å²) in [4.78, 5) is 4.28. The molecule has 0 amide bonds. The Kier molecular flexibility index (Phi) is 4.26. The molecular formula is C10H17N3O3. The minimum absolute atomic E-state index is 0.109. The van der Waals surface area contributed by atoms with Crippen molar-refractivity contribution < 1.29 is 14.0 Å². The SMILES string of the molecule is CCOCCc1noc(C2CNCCO2)n1. The third-order valence-corrected chi connectivity index (χ3v) is 2.36. The number of rotatable bonds is 5. The van der Waals surface area contributed by atoms with Crippen molar-refractivity contribution in [2.75, 3.05) is 32.9 Å². The van der Waals surface area contributed by atoms with E-state index in [9.17, 15) is 0 Å². The first kappa shape index (κ1) is 11.5. The van der Waals surface area contributed by atoms with Gasteiger partial charge in [0.15, 0.2) is 5.82 Å². The fourth-order valence-corrected chi connectivity index (χ4v) is 1.53. The number of nitrogens with one attached hydrogen (secondary N) is 1. The van der Waals surface area contributed by atoms with Gasteiger partial charge in [0, 0.05) is 26.1 Å². The standard InChI is InChI=1S/C10H17N3O3/c1-2-14-5-3-9-12-10(16-13-9)8-7-11-4-6-15-8/h8,11H,2-7H2,1H3. The van der Waals surface area contributed by atoms with Gasteiger partial charge in [-0.1, -0.05) is 5.16 Å². The number of aromatic nitrogens is 2. The van der Waals surface area contributed by atoms with Crippen LogP contribution in [0.1, 0.15) is 24.7 Å². The molecule has 0 aromatic carbocycles. The highest BCUT2D eigenvalue weighted by Gasteiger charge is 2.21. The van der Waals surface area contributed by atoms with Gasteiger partial charge >= 0.3 is 0 Å². The third-order valence-electron chi connectivity index (χ3n) is 2.36. The lowest BCUT2D eigenvalue weighted by atomic mass is 10.3. The maximum absolute atomic E-state index is 5.51. The molecule has 1 aromatic rings. The number of ether oxygens (including phenoxy) is 2. The molecule has 1 atom stereocenters. The van der Waals surface area contributed by atoms with Gasteiger partial charge in [0.25, 0.3) is 5.89 Å². The Morgan fingerprint density at radius 2 is 2.50 bits per heavy atom. The van der Waals surface area contributed by atoms with Crippen LogP contribution in [0.5, 0.6) is 0 Å². The topological polar surface area (TPSA) is 69.4 Å². The van der Waals surface area contributed by atoms with E-state index in [2.05, 4.69) is 15.5 Å². The minimum Gasteiger partial charge on any atom is -0.381 e. The lowest BCUT2D eigenvalue weighted by Crippen LogP contribution is -2.33. The quantitative estimate of drug-likeness (QED) is 0.730. The van der Waals surface area contributed by atoms with Crippen LogP contribution in [0.3, 0.4) is 0 Å². The first-order valence-electron chi connectivity index (χ1n) is 5.62. The summed E-state index contributed by atoms with van der Waals surface area (Å²) in [7, 11) is 0. The van der Waals surface area contributed by atoms with Crippen LogP contribution >= 0.6 is 0 Å². The summed E-state index contributed by atoms with van der Waals surface area (Å²) >= 11 is 0. The molecule has 6 heteroatoms. The molecule has 1 N–H and O–H groups in total. The molecular weight excluding hydrogens is 210 g/mol. The Morgan fingerprint density at radius 1 is 1.56 bits per heavy atom. The van der Waals surface area contributed by atoms with E-state index < -0.39 is 0 Å². The number of hydrogen-bond acceptors (Lipinski definition) is 6. The van der Waals surface area contributed by atoms with Crippen LogP contribution in [-0.2, 0) is 15.9 Å². The highest BCUT2D eigenvalue weighted by molar-refractivity contribution is 4.92. The van der Waals surface area contributed by atoms with E-state index in [1.165, 1.54) is 0 Å². The molecule has 0 aliphatic carbocycles. The molecule has 1 saturated heterocycles. The zero-order valence-corrected chi connectivity index (χ0v) is 9.44. The van der Waals surface area contributed by atoms with Gasteiger partial charge in [-0.05, 0) is 6.92 Å². The summed E-state index contributed by atoms with van der Waals surface area (Å²) in [5, 5.41) is 7.11. The summed E-state index contributed by atoms with van der Waals surface area (Å²) in [5.41, 5.74) is 0. The second-order valence-corrected chi connectivity index (χ2v) is 3.56. The smallest absolute Gasteiger partial charge is 0.257 e. The van der Waals surface area contributed by atoms with Crippen LogP contribution in [-0.4, -0.2) is 43.1 Å². The molecule has 1 fully saturated rings. The molecule has 1 aliphatic rings. The van der Waals surface area contributed by atoms with Gasteiger partial charge in [-0.3, -0.25) is 0 Å². The molecule has 0 spiro atoms. The van der Waals surface area contributed by atoms with Crippen molar-refractivity contribution in [3.05, 3.63) is 11.7 Å². The maximum Gasteiger partial charge on any atom is 0.257 e. The molecule has 0 radical (unpaired) electrons. The molecule has 16 heavy (non-hydrogen) atoms. The van der Waals surface area contributed by atoms with E-state index in [0.29, 0.717) is 38.0 Å². The third kappa shape index (κ3) is 3.01. The minimum atomic E-state index is -0.109. The summed E-state index contributed by atoms with van der Waals surface area (Å²) in [6.45, 7) is 5.58. The van der Waals surface area contributed by atoms with Gasteiger partial charge in [0.2, 0.25) is 0 Å². The molecule has 1 unspecified atom stereocenters. The van der Waals surface area contributed by atoms with Gasteiger partial charge in [0.05, 0.1) is 13.2 Å². The van der Waals surface area contributed by atoms with Crippen molar-refractivity contribution in [2.45, 2.75) is 19.4 Å². The Hall–Kier alpha value is -0.980. The molecule has 2 heterocycles. The first-order valence-corrected chi connectivity index (χ1v) is 5.62. The van der Waals surface area contributed by atoms with Gasteiger partial charge < -0.3 is 19.3 Å². The summed E-state index contributed by atoms with van der Waals surface area (Å²) in [6.07, 6.45) is 0.569. The number of morpholine rings is 1. The molecule has 2 rings (SSSR count). The van der Waals surface area contributed by atoms with E-state index in [1.807, 2.05) is 6.92 Å². The molecule has 6 nitrogen and oxygen atoms in total. The number of hydrogen-bond donors (Lipinski definition) is 1. The average molecular weight is 227 g/mol. The maximum atomic E-state index is 5.51. The van der Waals surface area contributed by atoms with Crippen molar-refractivity contribution in [1.29, 1.82) is 0 Å². The van der Waals surface area contributed by atoms with Crippen LogP contribution in [0.15, 0.2) is 4.52 Å². The van der Waals surface area contributed by atoms with Gasteiger partial charge in [-0.2, -0.15) is 4.98 Å². The van der Waals surface area contributed by atoms with Crippen LogP contribution in [0.2, 0.25) is 0 Å². The van der Waals surface area contributed by atoms with Crippen molar-refractivity contribution >= 4 is 0 Å². The Bertz CT molecular complexity index is 310. The predicted molar refractivity (Wildman–Crippen MR) is 56.1 cm³/mol. The normalized spacial score (nSPS) is 21.2. The van der Waals surface area contributed by atoms with Gasteiger partial charge in [0.1, 0.15) is 6.10 Å². The lowest BCUT2D eigenvalue weighted by Gasteiger charge is -2.19. The molecule has 1 aromatic heterocycles. The second-order valence-electron chi connectivity index (χ2n) is 3.56. The first-order chi connectivity index (χ1) is 7.90. The molecule has 1 aliphatic heterocycles. The largest absolute Gasteiger partial charge is 0.381 e. The van der Waals surface area contributed by atoms with Crippen molar-refractivity contribution in [3.8, 4) is 0 Å². The summed E-state index contributed by atoms with van der Waals surface area (Å²) in [5.74, 6) is 1.23. The number of nitrogens with zero attached hydrogens (tertiary/aromatic N) is 2. The zero-order chi connectivity index (χ0) is 11.2. The Labute approximate surface area is 94.3 Å². The Balaban J connectivity index is 1.85. The average Bonchev–Trinajstić information content (AvgIpc) is 2.79. The summed E-state index contributed by atoms with van der Waals surface area (Å²) < 4.78 is 15.9. The van der Waals surface area contributed by atoms with E-state index in [4.69, 9.17) is 14.0 Å². The van der Waals surface area contributed by atoms with E-state index in [1.54, 1.807) is 0 Å². The molecule has 90 valence electrons. The highest BCUT2D eigenvalue weighted by Crippen LogP contribution is 2.16. The van der Waals surface area contributed by atoms with Crippen molar-refractivity contribution in [2.24, 2.45) is 0 Å². The van der Waals surface area contributed by atoms with Crippen molar-refractivity contribution in [1.82, 2.24) is 15.5 Å². The highest BCUT2D eigenvalue weighted by atomic mass is 16.5. The lowest BCUT2D eigenvalue weighted by molar-refractivity contribution is 0.00755. The Morgan fingerprint density at radius 3 is 3.25 bits per heavy atom. The summed E-state index contributed by atoms with van der Waals surface area (Å²) in [6, 6.07) is 0. The van der Waals surface area contributed by atoms with Crippen LogP contribution in [0.4, 0.5) is 0 Å². The van der Waals surface area contributed by atoms with E-state index >= 15 is 0 Å². The van der Waals surface area contributed by atoms with Crippen molar-refractivity contribution in [3.63, 3.8) is 0 Å². The molecule has 0 saturated carbocycles. The fourth-order valence-electron chi connectivity index (χ4n) is 1.53. The van der Waals surface area contributed by atoms with Gasteiger partial charge in [-0.25, -0.2) is 0 Å². The monoisotopic (exact) mass is 227 g/mol. The zero-order valence-electron chi connectivity index (χ0n) is 9.44. The van der Waals surface area contributed by atoms with Crippen LogP contribution in [0.25, 0.3) is 0 Å². The van der Waals surface area contributed by atoms with Gasteiger partial charge in [-0.15, -0.1) is 0 Å². The van der Waals surface area contributed by atoms with E-state index in [0.717, 1.165) is 13.1 Å². The second kappa shape index (κ2) is 5.93. The fraction of sp³-hybridized carbons (Fsp3) is 0.800. The predicted octanol–water partition coefficient (Wildman–Crippen LogP) is 0.309.